The Morgan fingerprint density at radius 2 is 2.00 bits per heavy atom. The van der Waals surface area contributed by atoms with Crippen molar-refractivity contribution in [3.8, 4) is 5.75 Å². The van der Waals surface area contributed by atoms with Crippen LogP contribution in [0.5, 0.6) is 5.75 Å². The summed E-state index contributed by atoms with van der Waals surface area (Å²) in [5, 5.41) is 2.43. The molecule has 0 saturated heterocycles. The Balaban J connectivity index is 1.41. The summed E-state index contributed by atoms with van der Waals surface area (Å²) in [4.78, 5) is 33.8. The average molecular weight is 534 g/mol. The molecule has 38 heavy (non-hydrogen) atoms. The Bertz CT molecular complexity index is 1430. The molecule has 0 saturated carbocycles. The molecular weight excluding hydrogens is 505 g/mol. The van der Waals surface area contributed by atoms with Crippen LogP contribution < -0.4 is 4.74 Å². The van der Waals surface area contributed by atoms with E-state index in [0.29, 0.717) is 29.4 Å². The zero-order valence-electron chi connectivity index (χ0n) is 21.4. The zero-order chi connectivity index (χ0) is 26.8. The predicted molar refractivity (Wildman–Crippen MR) is 142 cm³/mol. The van der Waals surface area contributed by atoms with Crippen molar-refractivity contribution in [3.63, 3.8) is 0 Å². The predicted octanol–water partition coefficient (Wildman–Crippen LogP) is 5.72. The Morgan fingerprint density at radius 3 is 2.71 bits per heavy atom. The Hall–Kier alpha value is -3.98. The van der Waals surface area contributed by atoms with Crippen LogP contribution in [0.2, 0.25) is 0 Å². The number of benzene rings is 2. The molecule has 2 amide bonds. The van der Waals surface area contributed by atoms with Gasteiger partial charge in [-0.1, -0.05) is 18.2 Å². The molecule has 1 atom stereocenters. The van der Waals surface area contributed by atoms with Crippen LogP contribution in [-0.2, 0) is 13.0 Å². The van der Waals surface area contributed by atoms with E-state index in [1.54, 1.807) is 46.5 Å². The molecule has 2 aromatic carbocycles. The minimum absolute atomic E-state index is 0.0766. The van der Waals surface area contributed by atoms with Crippen LogP contribution >= 0.6 is 11.3 Å². The normalized spacial score (nSPS) is 14.9. The largest absolute Gasteiger partial charge is 0.486 e. The van der Waals surface area contributed by atoms with Crippen LogP contribution in [0.25, 0.3) is 0 Å². The number of carbonyl (C=O) groups is 2. The number of thiazole rings is 1. The van der Waals surface area contributed by atoms with Gasteiger partial charge < -0.3 is 19.0 Å². The van der Waals surface area contributed by atoms with Gasteiger partial charge in [-0.15, -0.1) is 11.3 Å². The first-order chi connectivity index (χ1) is 18.3. The summed E-state index contributed by atoms with van der Waals surface area (Å²) >= 11 is 1.37. The number of carbonyl (C=O) groups excluding carboxylic acids is 2. The van der Waals surface area contributed by atoms with Crippen LogP contribution in [-0.4, -0.2) is 46.2 Å². The van der Waals surface area contributed by atoms with Gasteiger partial charge in [0.25, 0.3) is 11.8 Å². The Labute approximate surface area is 224 Å². The first-order valence-electron chi connectivity index (χ1n) is 12.4. The van der Waals surface area contributed by atoms with Gasteiger partial charge in [0, 0.05) is 25.0 Å². The molecule has 5 rings (SSSR count). The molecule has 196 valence electrons. The van der Waals surface area contributed by atoms with Gasteiger partial charge in [0.1, 0.15) is 28.9 Å². The molecule has 0 fully saturated rings. The molecule has 0 N–H and O–H groups in total. The van der Waals surface area contributed by atoms with Crippen molar-refractivity contribution in [3.05, 3.63) is 105 Å². The van der Waals surface area contributed by atoms with Crippen LogP contribution in [0.3, 0.4) is 0 Å². The lowest BCUT2D eigenvalue weighted by Crippen LogP contribution is -2.40. The fourth-order valence-corrected chi connectivity index (χ4v) is 5.16. The van der Waals surface area contributed by atoms with Gasteiger partial charge in [-0.3, -0.25) is 9.59 Å². The smallest absolute Gasteiger partial charge is 0.290 e. The highest BCUT2D eigenvalue weighted by Crippen LogP contribution is 2.38. The minimum atomic E-state index is -0.434. The van der Waals surface area contributed by atoms with Crippen molar-refractivity contribution < 1.29 is 23.1 Å². The summed E-state index contributed by atoms with van der Waals surface area (Å²) in [7, 11) is 1.76. The van der Waals surface area contributed by atoms with Gasteiger partial charge >= 0.3 is 0 Å². The first kappa shape index (κ1) is 25.7. The van der Waals surface area contributed by atoms with Crippen molar-refractivity contribution >= 4 is 23.2 Å². The molecule has 2 aromatic heterocycles. The highest BCUT2D eigenvalue weighted by atomic mass is 32.1. The van der Waals surface area contributed by atoms with Crippen LogP contribution in [0, 0.1) is 5.82 Å². The summed E-state index contributed by atoms with van der Waals surface area (Å²) in [6.07, 6.45) is 2.14. The van der Waals surface area contributed by atoms with Gasteiger partial charge in [0.2, 0.25) is 0 Å². The molecule has 1 aliphatic heterocycles. The fraction of sp³-hybridized carbons (Fsp3) is 0.276. The lowest BCUT2D eigenvalue weighted by Gasteiger charge is -2.37. The Kier molecular flexibility index (Phi) is 7.28. The maximum absolute atomic E-state index is 13.7. The molecule has 9 heteroatoms. The summed E-state index contributed by atoms with van der Waals surface area (Å²) in [5.41, 5.74) is 3.20. The number of aromatic nitrogens is 1. The van der Waals surface area contributed by atoms with E-state index in [9.17, 15) is 14.0 Å². The summed E-state index contributed by atoms with van der Waals surface area (Å²) in [5.74, 6) is 0.176. The monoisotopic (exact) mass is 533 g/mol. The average Bonchev–Trinajstić information content (AvgIpc) is 3.63. The lowest BCUT2D eigenvalue weighted by atomic mass is 9.87. The van der Waals surface area contributed by atoms with E-state index >= 15 is 0 Å². The molecule has 4 aromatic rings. The standard InChI is InChI=1S/C29H28FN3O4S/c1-18(2)32(3)28(34)24-17-38-26(31-24)16-37-22-11-8-19-12-13-33(29(35)25-5-4-14-36-25)27(23(19)15-22)20-6-9-21(30)10-7-20/h4-11,14-15,17-18,27H,12-13,16H2,1-3H3. The Morgan fingerprint density at radius 1 is 1.21 bits per heavy atom. The van der Waals surface area contributed by atoms with Gasteiger partial charge in [-0.05, 0) is 73.4 Å². The van der Waals surface area contributed by atoms with Crippen molar-refractivity contribution in [2.45, 2.75) is 39.0 Å². The van der Waals surface area contributed by atoms with Gasteiger partial charge in [0.15, 0.2) is 5.76 Å². The minimum Gasteiger partial charge on any atom is -0.486 e. The second-order valence-electron chi connectivity index (χ2n) is 9.47. The van der Waals surface area contributed by atoms with Crippen molar-refractivity contribution in [2.75, 3.05) is 13.6 Å². The number of hydrogen-bond donors (Lipinski definition) is 0. The number of ether oxygens (including phenoxy) is 1. The van der Waals surface area contributed by atoms with E-state index in [1.165, 1.54) is 29.7 Å². The maximum Gasteiger partial charge on any atom is 0.290 e. The molecule has 1 aliphatic rings. The summed E-state index contributed by atoms with van der Waals surface area (Å²) in [6, 6.07) is 15.0. The second kappa shape index (κ2) is 10.8. The van der Waals surface area contributed by atoms with Gasteiger partial charge in [0.05, 0.1) is 12.3 Å². The maximum atomic E-state index is 13.7. The molecule has 3 heterocycles. The van der Waals surface area contributed by atoms with E-state index in [4.69, 9.17) is 9.15 Å². The molecular formula is C29H28FN3O4S. The third-order valence-corrected chi connectivity index (χ3v) is 7.57. The number of rotatable bonds is 7. The number of nitrogens with zero attached hydrogens (tertiary/aromatic N) is 3. The molecule has 0 bridgehead atoms. The molecule has 0 radical (unpaired) electrons. The van der Waals surface area contributed by atoms with E-state index in [-0.39, 0.29) is 36.0 Å². The summed E-state index contributed by atoms with van der Waals surface area (Å²) < 4.78 is 25.2. The van der Waals surface area contributed by atoms with Crippen molar-refractivity contribution in [2.24, 2.45) is 0 Å². The van der Waals surface area contributed by atoms with Crippen molar-refractivity contribution in [1.82, 2.24) is 14.8 Å². The fourth-order valence-electron chi connectivity index (χ4n) is 4.48. The molecule has 0 spiro atoms. The van der Waals surface area contributed by atoms with Crippen LogP contribution in [0.15, 0.2) is 70.7 Å². The topological polar surface area (TPSA) is 75.9 Å². The van der Waals surface area contributed by atoms with Gasteiger partial charge in [-0.2, -0.15) is 0 Å². The van der Waals surface area contributed by atoms with E-state index < -0.39 is 6.04 Å². The summed E-state index contributed by atoms with van der Waals surface area (Å²) in [6.45, 7) is 4.60. The lowest BCUT2D eigenvalue weighted by molar-refractivity contribution is 0.0661. The second-order valence-corrected chi connectivity index (χ2v) is 10.4. The number of halogens is 1. The number of amides is 2. The van der Waals surface area contributed by atoms with Crippen LogP contribution in [0.1, 0.15) is 62.6 Å². The third kappa shape index (κ3) is 5.19. The first-order valence-corrected chi connectivity index (χ1v) is 13.3. The quantitative estimate of drug-likeness (QED) is 0.304. The number of furan rings is 1. The molecule has 7 nitrogen and oxygen atoms in total. The highest BCUT2D eigenvalue weighted by molar-refractivity contribution is 7.09. The van der Waals surface area contributed by atoms with Crippen molar-refractivity contribution in [1.29, 1.82) is 0 Å². The molecule has 0 aliphatic carbocycles. The number of fused-ring (bicyclic) bond motifs is 1. The molecule has 1 unspecified atom stereocenters. The van der Waals surface area contributed by atoms with E-state index in [0.717, 1.165) is 16.7 Å². The van der Waals surface area contributed by atoms with E-state index in [1.807, 2.05) is 32.0 Å². The van der Waals surface area contributed by atoms with E-state index in [2.05, 4.69) is 4.98 Å². The zero-order valence-corrected chi connectivity index (χ0v) is 22.2. The third-order valence-electron chi connectivity index (χ3n) is 6.75. The highest BCUT2D eigenvalue weighted by Gasteiger charge is 2.34. The SMILES string of the molecule is CC(C)N(C)C(=O)c1csc(COc2ccc3c(c2)C(c2ccc(F)cc2)N(C(=O)c2ccco2)CC3)n1. The van der Waals surface area contributed by atoms with Gasteiger partial charge in [-0.25, -0.2) is 9.37 Å². The number of hydrogen-bond acceptors (Lipinski definition) is 6. The van der Waals surface area contributed by atoms with Crippen LogP contribution in [0.4, 0.5) is 4.39 Å².